The van der Waals surface area contributed by atoms with E-state index in [1.54, 1.807) is 12.0 Å². The monoisotopic (exact) mass is 466 g/mol. The van der Waals surface area contributed by atoms with Gasteiger partial charge in [0.15, 0.2) is 0 Å². The molecule has 1 N–H and O–H groups in total. The van der Waals surface area contributed by atoms with E-state index >= 15 is 0 Å². The van der Waals surface area contributed by atoms with Gasteiger partial charge < -0.3 is 19.7 Å². The first-order valence-electron chi connectivity index (χ1n) is 12.4. The van der Waals surface area contributed by atoms with Crippen molar-refractivity contribution in [3.05, 3.63) is 59.7 Å². The van der Waals surface area contributed by atoms with Crippen LogP contribution in [-0.4, -0.2) is 42.5 Å². The molecular formula is C28H38N2O4. The number of nitrogens with one attached hydrogen (secondary N) is 1. The summed E-state index contributed by atoms with van der Waals surface area (Å²) in [7, 11) is 1.63. The summed E-state index contributed by atoms with van der Waals surface area (Å²) >= 11 is 0. The maximum atomic E-state index is 13.2. The number of ether oxygens (including phenoxy) is 2. The molecule has 1 atom stereocenters. The smallest absolute Gasteiger partial charge is 0.242 e. The lowest BCUT2D eigenvalue weighted by atomic mass is 9.95. The van der Waals surface area contributed by atoms with Crippen LogP contribution in [0.3, 0.4) is 0 Å². The molecule has 34 heavy (non-hydrogen) atoms. The Morgan fingerprint density at radius 2 is 1.76 bits per heavy atom. The molecule has 1 aliphatic rings. The zero-order chi connectivity index (χ0) is 24.3. The largest absolute Gasteiger partial charge is 0.497 e. The summed E-state index contributed by atoms with van der Waals surface area (Å²) < 4.78 is 10.9. The Hall–Kier alpha value is -3.02. The summed E-state index contributed by atoms with van der Waals surface area (Å²) in [5, 5.41) is 3.18. The van der Waals surface area contributed by atoms with Crippen LogP contribution in [0.5, 0.6) is 11.5 Å². The van der Waals surface area contributed by atoms with Gasteiger partial charge in [0.25, 0.3) is 0 Å². The number of amides is 2. The minimum absolute atomic E-state index is 0.0360. The summed E-state index contributed by atoms with van der Waals surface area (Å²) in [4.78, 5) is 28.0. The first kappa shape index (κ1) is 25.6. The van der Waals surface area contributed by atoms with E-state index in [1.165, 1.54) is 6.42 Å². The lowest BCUT2D eigenvalue weighted by Gasteiger charge is -2.31. The first-order valence-corrected chi connectivity index (χ1v) is 12.4. The molecule has 1 saturated carbocycles. The Bertz CT molecular complexity index is 922. The van der Waals surface area contributed by atoms with Gasteiger partial charge in [-0.25, -0.2) is 0 Å². The summed E-state index contributed by atoms with van der Waals surface area (Å²) in [6.45, 7) is 4.71. The second kappa shape index (κ2) is 13.0. The molecule has 0 heterocycles. The zero-order valence-electron chi connectivity index (χ0n) is 20.7. The van der Waals surface area contributed by atoms with Gasteiger partial charge in [-0.3, -0.25) is 9.59 Å². The molecule has 184 valence electrons. The minimum atomic E-state index is -0.530. The van der Waals surface area contributed by atoms with Crippen LogP contribution in [-0.2, 0) is 16.1 Å². The highest BCUT2D eigenvalue weighted by molar-refractivity contribution is 5.87. The number of benzene rings is 2. The highest BCUT2D eigenvalue weighted by atomic mass is 16.5. The van der Waals surface area contributed by atoms with Crippen molar-refractivity contribution in [1.29, 1.82) is 0 Å². The third-order valence-electron chi connectivity index (χ3n) is 6.42. The number of carbonyl (C=O) groups is 2. The molecular weight excluding hydrogens is 428 g/mol. The van der Waals surface area contributed by atoms with Crippen molar-refractivity contribution in [2.24, 2.45) is 0 Å². The summed E-state index contributed by atoms with van der Waals surface area (Å²) in [6.07, 6.45) is 6.48. The lowest BCUT2D eigenvalue weighted by Crippen LogP contribution is -2.50. The van der Waals surface area contributed by atoms with Crippen molar-refractivity contribution in [3.63, 3.8) is 0 Å². The van der Waals surface area contributed by atoms with Gasteiger partial charge in [-0.15, -0.1) is 0 Å². The molecule has 0 radical (unpaired) electrons. The number of hydrogen-bond acceptors (Lipinski definition) is 4. The van der Waals surface area contributed by atoms with Crippen LogP contribution in [0.25, 0.3) is 0 Å². The van der Waals surface area contributed by atoms with Crippen LogP contribution >= 0.6 is 0 Å². The molecule has 2 aromatic carbocycles. The fourth-order valence-electron chi connectivity index (χ4n) is 4.39. The molecule has 0 aliphatic heterocycles. The molecule has 0 aromatic heterocycles. The summed E-state index contributed by atoms with van der Waals surface area (Å²) in [5.74, 6) is 1.41. The lowest BCUT2D eigenvalue weighted by molar-refractivity contribution is -0.141. The van der Waals surface area contributed by atoms with E-state index < -0.39 is 6.04 Å². The van der Waals surface area contributed by atoms with Gasteiger partial charge in [-0.2, -0.15) is 0 Å². The molecule has 2 amide bonds. The second-order valence-corrected chi connectivity index (χ2v) is 9.16. The maximum Gasteiger partial charge on any atom is 0.242 e. The van der Waals surface area contributed by atoms with E-state index in [2.05, 4.69) is 11.4 Å². The fraction of sp³-hybridized carbons (Fsp3) is 0.500. The number of hydrogen-bond donors (Lipinski definition) is 1. The standard InChI is InChI=1S/C28H38N2O4/c1-21-9-7-10-23(19-21)20-30(22(2)28(32)29-24-11-5-4-6-12-24)27(31)13-8-18-34-26-16-14-25(33-3)15-17-26/h7,9-10,14-17,19,22,24H,4-6,8,11-13,18,20H2,1-3H3,(H,29,32). The quantitative estimate of drug-likeness (QED) is 0.472. The van der Waals surface area contributed by atoms with Crippen LogP contribution in [0.4, 0.5) is 0 Å². The van der Waals surface area contributed by atoms with Crippen molar-refractivity contribution >= 4 is 11.8 Å². The van der Waals surface area contributed by atoms with Crippen molar-refractivity contribution < 1.29 is 19.1 Å². The van der Waals surface area contributed by atoms with Gasteiger partial charge in [0.05, 0.1) is 13.7 Å². The molecule has 0 saturated heterocycles. The summed E-state index contributed by atoms with van der Waals surface area (Å²) in [6, 6.07) is 15.2. The van der Waals surface area contributed by atoms with Gasteiger partial charge in [-0.05, 0) is 62.9 Å². The number of aryl methyl sites for hydroxylation is 1. The third-order valence-corrected chi connectivity index (χ3v) is 6.42. The van der Waals surface area contributed by atoms with E-state index in [0.29, 0.717) is 26.0 Å². The summed E-state index contributed by atoms with van der Waals surface area (Å²) in [5.41, 5.74) is 2.16. The van der Waals surface area contributed by atoms with Crippen LogP contribution in [0.1, 0.15) is 63.0 Å². The number of nitrogens with zero attached hydrogens (tertiary/aromatic N) is 1. The molecule has 1 fully saturated rings. The van der Waals surface area contributed by atoms with Crippen LogP contribution in [0.15, 0.2) is 48.5 Å². The minimum Gasteiger partial charge on any atom is -0.497 e. The Labute approximate surface area is 203 Å². The predicted molar refractivity (Wildman–Crippen MR) is 134 cm³/mol. The second-order valence-electron chi connectivity index (χ2n) is 9.16. The number of rotatable bonds is 11. The normalized spacial score (nSPS) is 14.8. The van der Waals surface area contributed by atoms with E-state index in [0.717, 1.165) is 48.3 Å². The molecule has 6 heteroatoms. The van der Waals surface area contributed by atoms with Crippen LogP contribution in [0, 0.1) is 6.92 Å². The van der Waals surface area contributed by atoms with Gasteiger partial charge in [0.1, 0.15) is 17.5 Å². The van der Waals surface area contributed by atoms with Crippen molar-refractivity contribution in [2.45, 2.75) is 77.4 Å². The van der Waals surface area contributed by atoms with Gasteiger partial charge in [0.2, 0.25) is 11.8 Å². The van der Waals surface area contributed by atoms with Gasteiger partial charge in [-0.1, -0.05) is 49.1 Å². The van der Waals surface area contributed by atoms with Gasteiger partial charge in [0, 0.05) is 19.0 Å². The molecule has 3 rings (SSSR count). The Morgan fingerprint density at radius 1 is 1.06 bits per heavy atom. The molecule has 1 aliphatic carbocycles. The molecule has 0 bridgehead atoms. The fourth-order valence-corrected chi connectivity index (χ4v) is 4.39. The highest BCUT2D eigenvalue weighted by Crippen LogP contribution is 2.20. The topological polar surface area (TPSA) is 67.9 Å². The average Bonchev–Trinajstić information content (AvgIpc) is 2.85. The maximum absolute atomic E-state index is 13.2. The number of methoxy groups -OCH3 is 1. The van der Waals surface area contributed by atoms with Gasteiger partial charge >= 0.3 is 0 Å². The molecule has 1 unspecified atom stereocenters. The zero-order valence-corrected chi connectivity index (χ0v) is 20.7. The molecule has 2 aromatic rings. The third kappa shape index (κ3) is 7.79. The first-order chi connectivity index (χ1) is 16.5. The Balaban J connectivity index is 1.58. The SMILES string of the molecule is COc1ccc(OCCCC(=O)N(Cc2cccc(C)c2)C(C)C(=O)NC2CCCCC2)cc1. The highest BCUT2D eigenvalue weighted by Gasteiger charge is 2.27. The van der Waals surface area contributed by atoms with E-state index in [9.17, 15) is 9.59 Å². The van der Waals surface area contributed by atoms with Crippen molar-refractivity contribution in [3.8, 4) is 11.5 Å². The molecule has 0 spiro atoms. The van der Waals surface area contributed by atoms with Crippen LogP contribution < -0.4 is 14.8 Å². The van der Waals surface area contributed by atoms with E-state index in [4.69, 9.17) is 9.47 Å². The molecule has 6 nitrogen and oxygen atoms in total. The van der Waals surface area contributed by atoms with E-state index in [-0.39, 0.29) is 17.9 Å². The van der Waals surface area contributed by atoms with Crippen molar-refractivity contribution in [1.82, 2.24) is 10.2 Å². The predicted octanol–water partition coefficient (Wildman–Crippen LogP) is 5.03. The van der Waals surface area contributed by atoms with Crippen molar-refractivity contribution in [2.75, 3.05) is 13.7 Å². The average molecular weight is 467 g/mol. The number of carbonyl (C=O) groups excluding carboxylic acids is 2. The Kier molecular flexibility index (Phi) is 9.80. The van der Waals surface area contributed by atoms with E-state index in [1.807, 2.05) is 56.3 Å². The Morgan fingerprint density at radius 3 is 2.44 bits per heavy atom. The van der Waals surface area contributed by atoms with Crippen LogP contribution in [0.2, 0.25) is 0 Å².